The number of rotatable bonds is 32. The Kier molecular flexibility index (Phi) is 29.1. The minimum Gasteiger partial charge on any atom is -0.370 e. The Balaban J connectivity index is 5.50. The zero-order chi connectivity index (χ0) is 28.9. The SMILES string of the molecule is CCCCCCCCOOC(OCCCCCC)(OCCCCCCC)C(CCCC(C)C)OCCCCC. The lowest BCUT2D eigenvalue weighted by atomic mass is 10.0. The van der Waals surface area contributed by atoms with Gasteiger partial charge in [0.2, 0.25) is 0 Å². The minimum absolute atomic E-state index is 0.306. The molecular weight excluding hydrogens is 488 g/mol. The first-order chi connectivity index (χ1) is 19.1. The van der Waals surface area contributed by atoms with Crippen LogP contribution < -0.4 is 0 Å². The monoisotopic (exact) mass is 559 g/mol. The first-order valence-electron chi connectivity index (χ1n) is 17.3. The molecule has 0 fully saturated rings. The molecule has 0 aromatic carbocycles. The van der Waals surface area contributed by atoms with E-state index in [-0.39, 0.29) is 6.10 Å². The molecule has 0 N–H and O–H groups in total. The molecular formula is C34H70O5. The van der Waals surface area contributed by atoms with Gasteiger partial charge in [-0.3, -0.25) is 0 Å². The van der Waals surface area contributed by atoms with Crippen molar-refractivity contribution in [1.29, 1.82) is 0 Å². The smallest absolute Gasteiger partial charge is 0.339 e. The van der Waals surface area contributed by atoms with Crippen molar-refractivity contribution in [3.05, 3.63) is 0 Å². The van der Waals surface area contributed by atoms with Crippen LogP contribution in [0.25, 0.3) is 0 Å². The standard InChI is InChI=1S/C34H70O5/c1-7-11-15-18-20-24-31-38-39-34(36-29-22-17-13-9-3,37-30-23-19-16-12-8-2)33(27-25-26-32(5)6)35-28-21-14-10-4/h32-33H,7-31H2,1-6H3. The van der Waals surface area contributed by atoms with E-state index in [4.69, 9.17) is 24.0 Å². The summed E-state index contributed by atoms with van der Waals surface area (Å²) in [5.41, 5.74) is 0. The van der Waals surface area contributed by atoms with Crippen LogP contribution in [0.2, 0.25) is 0 Å². The highest BCUT2D eigenvalue weighted by molar-refractivity contribution is 4.73. The summed E-state index contributed by atoms with van der Waals surface area (Å²) in [4.78, 5) is 12.1. The van der Waals surface area contributed by atoms with E-state index in [2.05, 4.69) is 41.5 Å². The second-order valence-corrected chi connectivity index (χ2v) is 11.8. The van der Waals surface area contributed by atoms with Crippen LogP contribution in [0, 0.1) is 5.92 Å². The second kappa shape index (κ2) is 29.3. The minimum atomic E-state index is -1.30. The predicted molar refractivity (Wildman–Crippen MR) is 166 cm³/mol. The lowest BCUT2D eigenvalue weighted by molar-refractivity contribution is -0.528. The molecule has 0 aromatic heterocycles. The van der Waals surface area contributed by atoms with E-state index in [1.165, 1.54) is 64.2 Å². The molecule has 2 unspecified atom stereocenters. The highest BCUT2D eigenvalue weighted by Crippen LogP contribution is 2.30. The molecule has 0 aromatic rings. The van der Waals surface area contributed by atoms with Gasteiger partial charge in [-0.05, 0) is 38.0 Å². The third-order valence-electron chi connectivity index (χ3n) is 7.32. The second-order valence-electron chi connectivity index (χ2n) is 11.8. The van der Waals surface area contributed by atoms with Crippen molar-refractivity contribution >= 4 is 0 Å². The van der Waals surface area contributed by atoms with E-state index < -0.39 is 5.97 Å². The van der Waals surface area contributed by atoms with E-state index >= 15 is 0 Å². The molecule has 0 aliphatic carbocycles. The van der Waals surface area contributed by atoms with E-state index in [1.54, 1.807) is 0 Å². The number of hydrogen-bond acceptors (Lipinski definition) is 5. The van der Waals surface area contributed by atoms with Crippen molar-refractivity contribution in [3.8, 4) is 0 Å². The van der Waals surface area contributed by atoms with Gasteiger partial charge in [0.25, 0.3) is 0 Å². The molecule has 236 valence electrons. The molecule has 5 nitrogen and oxygen atoms in total. The van der Waals surface area contributed by atoms with Crippen molar-refractivity contribution in [2.75, 3.05) is 26.4 Å². The summed E-state index contributed by atoms with van der Waals surface area (Å²) in [5.74, 6) is -0.651. The topological polar surface area (TPSA) is 46.2 Å². The molecule has 2 atom stereocenters. The van der Waals surface area contributed by atoms with Gasteiger partial charge in [0.1, 0.15) is 6.10 Å². The normalized spacial score (nSPS) is 14.2. The third-order valence-corrected chi connectivity index (χ3v) is 7.32. The molecule has 0 amide bonds. The summed E-state index contributed by atoms with van der Waals surface area (Å²) >= 11 is 0. The fourth-order valence-corrected chi connectivity index (χ4v) is 4.71. The van der Waals surface area contributed by atoms with Crippen molar-refractivity contribution in [1.82, 2.24) is 0 Å². The maximum Gasteiger partial charge on any atom is 0.339 e. The van der Waals surface area contributed by atoms with Gasteiger partial charge < -0.3 is 14.2 Å². The Morgan fingerprint density at radius 1 is 0.462 bits per heavy atom. The van der Waals surface area contributed by atoms with Gasteiger partial charge in [-0.2, -0.15) is 4.89 Å². The van der Waals surface area contributed by atoms with E-state index in [0.717, 1.165) is 70.6 Å². The highest BCUT2D eigenvalue weighted by atomic mass is 17.3. The van der Waals surface area contributed by atoms with E-state index in [1.807, 2.05) is 0 Å². The Labute approximate surface area is 244 Å². The average molecular weight is 559 g/mol. The van der Waals surface area contributed by atoms with Gasteiger partial charge in [-0.1, -0.05) is 144 Å². The zero-order valence-corrected chi connectivity index (χ0v) is 27.4. The molecule has 0 rings (SSSR count). The number of hydrogen-bond donors (Lipinski definition) is 0. The molecule has 0 saturated carbocycles. The van der Waals surface area contributed by atoms with Crippen LogP contribution in [0.3, 0.4) is 0 Å². The van der Waals surface area contributed by atoms with Crippen LogP contribution in [-0.2, 0) is 24.0 Å². The molecule has 5 heteroatoms. The first-order valence-corrected chi connectivity index (χ1v) is 17.3. The van der Waals surface area contributed by atoms with Gasteiger partial charge in [-0.25, -0.2) is 4.89 Å². The average Bonchev–Trinajstić information content (AvgIpc) is 2.92. The van der Waals surface area contributed by atoms with Gasteiger partial charge >= 0.3 is 5.97 Å². The van der Waals surface area contributed by atoms with E-state index in [9.17, 15) is 0 Å². The molecule has 39 heavy (non-hydrogen) atoms. The number of unbranched alkanes of at least 4 members (excludes halogenated alkanes) is 14. The van der Waals surface area contributed by atoms with Crippen LogP contribution in [0.15, 0.2) is 0 Å². The quantitative estimate of drug-likeness (QED) is 0.0355. The predicted octanol–water partition coefficient (Wildman–Crippen LogP) is 10.9. The molecule has 0 aliphatic rings. The van der Waals surface area contributed by atoms with E-state index in [0.29, 0.717) is 32.3 Å². The summed E-state index contributed by atoms with van der Waals surface area (Å²) in [5, 5.41) is 0. The molecule has 0 aliphatic heterocycles. The maximum atomic E-state index is 6.56. The Morgan fingerprint density at radius 2 is 0.897 bits per heavy atom. The van der Waals surface area contributed by atoms with Crippen LogP contribution >= 0.6 is 0 Å². The summed E-state index contributed by atoms with van der Waals surface area (Å²) in [6.07, 6.45) is 23.9. The molecule has 0 spiro atoms. The van der Waals surface area contributed by atoms with Gasteiger partial charge in [0, 0.05) is 6.61 Å². The van der Waals surface area contributed by atoms with Gasteiger partial charge in [0.05, 0.1) is 19.8 Å². The van der Waals surface area contributed by atoms with Crippen LogP contribution in [0.5, 0.6) is 0 Å². The molecule has 0 bridgehead atoms. The van der Waals surface area contributed by atoms with Crippen LogP contribution in [0.1, 0.15) is 176 Å². The van der Waals surface area contributed by atoms with Gasteiger partial charge in [0.15, 0.2) is 0 Å². The number of ether oxygens (including phenoxy) is 3. The van der Waals surface area contributed by atoms with Crippen molar-refractivity contribution < 1.29 is 24.0 Å². The Hall–Kier alpha value is -0.200. The summed E-state index contributed by atoms with van der Waals surface area (Å²) in [6, 6.07) is 0. The summed E-state index contributed by atoms with van der Waals surface area (Å²) in [7, 11) is 0. The van der Waals surface area contributed by atoms with Crippen molar-refractivity contribution in [2.24, 2.45) is 5.92 Å². The maximum absolute atomic E-state index is 6.56. The van der Waals surface area contributed by atoms with Crippen molar-refractivity contribution in [3.63, 3.8) is 0 Å². The first kappa shape index (κ1) is 38.8. The summed E-state index contributed by atoms with van der Waals surface area (Å²) < 4.78 is 19.6. The Morgan fingerprint density at radius 3 is 1.44 bits per heavy atom. The zero-order valence-electron chi connectivity index (χ0n) is 27.4. The van der Waals surface area contributed by atoms with Gasteiger partial charge in [-0.15, -0.1) is 0 Å². The van der Waals surface area contributed by atoms with Crippen LogP contribution in [-0.4, -0.2) is 38.5 Å². The van der Waals surface area contributed by atoms with Crippen molar-refractivity contribution in [2.45, 2.75) is 188 Å². The molecule has 0 saturated heterocycles. The fourth-order valence-electron chi connectivity index (χ4n) is 4.71. The molecule has 0 radical (unpaired) electrons. The highest BCUT2D eigenvalue weighted by Gasteiger charge is 2.45. The Bertz CT molecular complexity index is 473. The lowest BCUT2D eigenvalue weighted by Gasteiger charge is -2.38. The molecule has 0 heterocycles. The fraction of sp³-hybridized carbons (Fsp3) is 1.00. The largest absolute Gasteiger partial charge is 0.370 e. The summed E-state index contributed by atoms with van der Waals surface area (Å²) in [6.45, 7) is 16.0. The van der Waals surface area contributed by atoms with Crippen LogP contribution in [0.4, 0.5) is 0 Å². The third kappa shape index (κ3) is 23.1. The lowest BCUT2D eigenvalue weighted by Crippen LogP contribution is -2.52.